The van der Waals surface area contributed by atoms with Crippen LogP contribution in [0, 0.1) is 5.82 Å². The van der Waals surface area contributed by atoms with Gasteiger partial charge in [0.05, 0.1) is 43.3 Å². The maximum Gasteiger partial charge on any atom is 0.323 e. The second kappa shape index (κ2) is 7.88. The van der Waals surface area contributed by atoms with Crippen LogP contribution < -0.4 is 11.1 Å². The third kappa shape index (κ3) is 4.04. The normalized spacial score (nSPS) is 12.8. The van der Waals surface area contributed by atoms with Gasteiger partial charge in [-0.3, -0.25) is 10.00 Å². The minimum Gasteiger partial charge on any atom is -0.396 e. The molecule has 0 fully saturated rings. The van der Waals surface area contributed by atoms with Crippen molar-refractivity contribution >= 4 is 17.5 Å². The summed E-state index contributed by atoms with van der Waals surface area (Å²) in [5.41, 5.74) is 9.54. The lowest BCUT2D eigenvalue weighted by molar-refractivity contribution is 0.182. The minimum absolute atomic E-state index is 0.270. The molecule has 2 amide bonds. The lowest BCUT2D eigenvalue weighted by atomic mass is 10.1. The molecule has 0 atom stereocenters. The molecule has 3 N–H and O–H groups in total. The summed E-state index contributed by atoms with van der Waals surface area (Å²) in [7, 11) is 1.65. The molecule has 2 aromatic heterocycles. The Bertz CT molecular complexity index is 1010. The summed E-state index contributed by atoms with van der Waals surface area (Å²) >= 11 is 0. The van der Waals surface area contributed by atoms with Gasteiger partial charge in [-0.05, 0) is 36.4 Å². The van der Waals surface area contributed by atoms with Gasteiger partial charge in [-0.1, -0.05) is 0 Å². The van der Waals surface area contributed by atoms with Gasteiger partial charge in [-0.25, -0.2) is 14.2 Å². The molecule has 9 heteroatoms. The summed E-state index contributed by atoms with van der Waals surface area (Å²) in [5.74, 6) is -0.0539. The number of hydrogen-bond donors (Lipinski definition) is 2. The number of methoxy groups -OCH3 is 1. The van der Waals surface area contributed by atoms with Gasteiger partial charge in [-0.2, -0.15) is 5.10 Å². The van der Waals surface area contributed by atoms with Crippen molar-refractivity contribution in [3.8, 4) is 11.3 Å². The van der Waals surface area contributed by atoms with E-state index in [9.17, 15) is 9.18 Å². The summed E-state index contributed by atoms with van der Waals surface area (Å²) in [6.45, 7) is 2.14. The van der Waals surface area contributed by atoms with Gasteiger partial charge in [0.2, 0.25) is 0 Å². The van der Waals surface area contributed by atoms with Crippen LogP contribution in [0.15, 0.2) is 42.6 Å². The Morgan fingerprint density at radius 2 is 2.03 bits per heavy atom. The first-order valence-corrected chi connectivity index (χ1v) is 9.16. The Labute approximate surface area is 167 Å². The molecule has 150 valence electrons. The summed E-state index contributed by atoms with van der Waals surface area (Å²) in [6.07, 6.45) is 1.93. The lowest BCUT2D eigenvalue weighted by Gasteiger charge is -2.17. The number of halogens is 1. The summed E-state index contributed by atoms with van der Waals surface area (Å²) in [5, 5.41) is 7.26. The van der Waals surface area contributed by atoms with Crippen molar-refractivity contribution in [3.63, 3.8) is 0 Å². The van der Waals surface area contributed by atoms with Crippen molar-refractivity contribution in [2.24, 2.45) is 0 Å². The van der Waals surface area contributed by atoms with Gasteiger partial charge in [0, 0.05) is 24.4 Å². The molecular weight excluding hydrogens is 375 g/mol. The molecule has 0 unspecified atom stereocenters. The number of aromatic nitrogens is 3. The number of rotatable bonds is 5. The van der Waals surface area contributed by atoms with Gasteiger partial charge in [-0.15, -0.1) is 0 Å². The second-order valence-corrected chi connectivity index (χ2v) is 6.78. The van der Waals surface area contributed by atoms with Crippen molar-refractivity contribution in [1.29, 1.82) is 0 Å². The highest BCUT2D eigenvalue weighted by atomic mass is 19.1. The fourth-order valence-corrected chi connectivity index (χ4v) is 3.18. The maximum atomic E-state index is 13.1. The second-order valence-electron chi connectivity index (χ2n) is 6.78. The number of fused-ring (bicyclic) bond motifs is 1. The van der Waals surface area contributed by atoms with E-state index in [-0.39, 0.29) is 17.7 Å². The molecule has 1 aliphatic heterocycles. The summed E-state index contributed by atoms with van der Waals surface area (Å²) in [4.78, 5) is 18.8. The molecular formula is C20H21FN6O2. The Kier molecular flexibility index (Phi) is 5.13. The average molecular weight is 396 g/mol. The predicted molar refractivity (Wildman–Crippen MR) is 106 cm³/mol. The molecule has 0 spiro atoms. The van der Waals surface area contributed by atoms with Gasteiger partial charge in [0.15, 0.2) is 5.82 Å². The molecule has 1 aromatic carbocycles. The zero-order valence-electron chi connectivity index (χ0n) is 15.9. The van der Waals surface area contributed by atoms with E-state index in [4.69, 9.17) is 10.5 Å². The zero-order valence-corrected chi connectivity index (χ0v) is 15.9. The Hall–Kier alpha value is -3.46. The highest BCUT2D eigenvalue weighted by molar-refractivity contribution is 5.92. The number of carbonyl (C=O) groups is 1. The van der Waals surface area contributed by atoms with Crippen molar-refractivity contribution < 1.29 is 13.9 Å². The lowest BCUT2D eigenvalue weighted by Crippen LogP contribution is -2.31. The van der Waals surface area contributed by atoms with E-state index in [0.29, 0.717) is 37.6 Å². The van der Waals surface area contributed by atoms with Crippen molar-refractivity contribution in [2.45, 2.75) is 19.6 Å². The molecule has 29 heavy (non-hydrogen) atoms. The highest BCUT2D eigenvalue weighted by Crippen LogP contribution is 2.26. The molecule has 0 radical (unpaired) electrons. The molecule has 4 rings (SSSR count). The van der Waals surface area contributed by atoms with Gasteiger partial charge < -0.3 is 15.4 Å². The smallest absolute Gasteiger partial charge is 0.323 e. The fourth-order valence-electron chi connectivity index (χ4n) is 3.18. The Balaban J connectivity index is 1.45. The average Bonchev–Trinajstić information content (AvgIpc) is 3.27. The number of nitrogens with one attached hydrogen (secondary N) is 1. The van der Waals surface area contributed by atoms with Crippen LogP contribution in [0.3, 0.4) is 0 Å². The highest BCUT2D eigenvalue weighted by Gasteiger charge is 2.27. The molecule has 0 aliphatic carbocycles. The maximum absolute atomic E-state index is 13.1. The van der Waals surface area contributed by atoms with E-state index >= 15 is 0 Å². The number of benzene rings is 1. The fraction of sp³-hybridized carbons (Fsp3) is 0.250. The standard InChI is InChI=1S/C20H21FN6O2/c1-29-9-8-27-11-14-10-26(12-18(14)25-27)20(28)24-19-16(22)6-7-17(23-19)13-2-4-15(21)5-3-13/h2-7,11H,8-10,12,22H2,1H3,(H,23,24,28). The van der Waals surface area contributed by atoms with Crippen molar-refractivity contribution in [2.75, 3.05) is 24.8 Å². The van der Waals surface area contributed by atoms with Crippen LogP contribution in [0.4, 0.5) is 20.7 Å². The third-order valence-electron chi connectivity index (χ3n) is 4.73. The first-order valence-electron chi connectivity index (χ1n) is 9.16. The van der Waals surface area contributed by atoms with Crippen LogP contribution in [0.25, 0.3) is 11.3 Å². The summed E-state index contributed by atoms with van der Waals surface area (Å²) in [6, 6.07) is 9.06. The van der Waals surface area contributed by atoms with E-state index in [1.165, 1.54) is 12.1 Å². The van der Waals surface area contributed by atoms with Gasteiger partial charge in [0.25, 0.3) is 0 Å². The first kappa shape index (κ1) is 18.9. The molecule has 0 bridgehead atoms. The van der Waals surface area contributed by atoms with Crippen LogP contribution >= 0.6 is 0 Å². The number of nitrogens with zero attached hydrogens (tertiary/aromatic N) is 4. The molecule has 0 saturated carbocycles. The van der Waals surface area contributed by atoms with Crippen LogP contribution in [0.5, 0.6) is 0 Å². The molecule has 3 aromatic rings. The van der Waals surface area contributed by atoms with Crippen LogP contribution in [0.1, 0.15) is 11.3 Å². The summed E-state index contributed by atoms with van der Waals surface area (Å²) < 4.78 is 20.0. The van der Waals surface area contributed by atoms with E-state index in [1.54, 1.807) is 36.3 Å². The van der Waals surface area contributed by atoms with Crippen LogP contribution in [0.2, 0.25) is 0 Å². The number of hydrogen-bond acceptors (Lipinski definition) is 5. The number of nitrogens with two attached hydrogens (primary N) is 1. The minimum atomic E-state index is -0.324. The molecule has 8 nitrogen and oxygen atoms in total. The third-order valence-corrected chi connectivity index (χ3v) is 4.73. The Morgan fingerprint density at radius 1 is 1.24 bits per heavy atom. The van der Waals surface area contributed by atoms with Gasteiger partial charge in [0.1, 0.15) is 5.82 Å². The molecule has 1 aliphatic rings. The van der Waals surface area contributed by atoms with E-state index < -0.39 is 0 Å². The number of pyridine rings is 1. The first-order chi connectivity index (χ1) is 14.0. The zero-order chi connectivity index (χ0) is 20.4. The van der Waals surface area contributed by atoms with Crippen molar-refractivity contribution in [1.82, 2.24) is 19.7 Å². The van der Waals surface area contributed by atoms with Crippen LogP contribution in [-0.4, -0.2) is 39.4 Å². The largest absolute Gasteiger partial charge is 0.396 e. The number of anilines is 2. The van der Waals surface area contributed by atoms with E-state index in [2.05, 4.69) is 15.4 Å². The van der Waals surface area contributed by atoms with Crippen LogP contribution in [-0.2, 0) is 24.4 Å². The van der Waals surface area contributed by atoms with Gasteiger partial charge >= 0.3 is 6.03 Å². The number of amides is 2. The van der Waals surface area contributed by atoms with E-state index in [1.807, 2.05) is 10.9 Å². The number of carbonyl (C=O) groups excluding carboxylic acids is 1. The topological polar surface area (TPSA) is 98.3 Å². The van der Waals surface area contributed by atoms with E-state index in [0.717, 1.165) is 16.8 Å². The number of nitrogen functional groups attached to an aromatic ring is 1. The Morgan fingerprint density at radius 3 is 2.76 bits per heavy atom. The number of ether oxygens (including phenoxy) is 1. The monoisotopic (exact) mass is 396 g/mol. The SMILES string of the molecule is COCCn1cc2c(n1)CN(C(=O)Nc1nc(-c3ccc(F)cc3)ccc1N)C2. The number of urea groups is 1. The predicted octanol–water partition coefficient (Wildman–Crippen LogP) is 2.86. The van der Waals surface area contributed by atoms with Crippen molar-refractivity contribution in [3.05, 3.63) is 59.7 Å². The molecule has 3 heterocycles. The molecule has 0 saturated heterocycles. The quantitative estimate of drug-likeness (QED) is 0.691.